The summed E-state index contributed by atoms with van der Waals surface area (Å²) in [6.45, 7) is 104. The number of rotatable bonds is 6. The quantitative estimate of drug-likeness (QED) is 0.0961. The highest BCUT2D eigenvalue weighted by molar-refractivity contribution is 7.14. The molecule has 0 spiro atoms. The number of phenols is 6. The van der Waals surface area contributed by atoms with Crippen LogP contribution >= 0.6 is 34.0 Å². The van der Waals surface area contributed by atoms with E-state index in [4.69, 9.17) is 0 Å². The van der Waals surface area contributed by atoms with Gasteiger partial charge in [-0.1, -0.05) is 332 Å². The average Bonchev–Trinajstić information content (AvgIpc) is 1.53. The smallest absolute Gasteiger partial charge is 0.186 e. The minimum atomic E-state index is -0.667. The summed E-state index contributed by atoms with van der Waals surface area (Å²) in [6.07, 6.45) is 8.65. The number of thiophene rings is 3. The van der Waals surface area contributed by atoms with Crippen LogP contribution in [0, 0.1) is 39.8 Å². The van der Waals surface area contributed by atoms with E-state index in [-0.39, 0.29) is 46.1 Å². The lowest BCUT2D eigenvalue weighted by molar-refractivity contribution is -0.114. The van der Waals surface area contributed by atoms with Gasteiger partial charge < -0.3 is 30.6 Å². The molecule has 0 aliphatic heterocycles. The van der Waals surface area contributed by atoms with Crippen LogP contribution in [0.2, 0.25) is 0 Å². The van der Waals surface area contributed by atoms with Crippen LogP contribution in [0.5, 0.6) is 34.5 Å². The van der Waals surface area contributed by atoms with Crippen molar-refractivity contribution < 1.29 is 40.2 Å². The Bertz CT molecular complexity index is 6160. The molecular formula is C124H166O8S3. The largest absolute Gasteiger partial charge is 0.507 e. The van der Waals surface area contributed by atoms with Crippen molar-refractivity contribution in [2.24, 2.45) is 21.7 Å². The summed E-state index contributed by atoms with van der Waals surface area (Å²) < 4.78 is 5.27. The third-order valence-electron chi connectivity index (χ3n) is 27.2. The normalized spacial score (nSPS) is 15.7. The van der Waals surface area contributed by atoms with Gasteiger partial charge in [0.25, 0.3) is 0 Å². The molecule has 11 rings (SSSR count). The standard InChI is InChI=1S/C124H166O8S3/c1-109(2,3)73-49-65(50-74(95(73)125)110(4,5)6)89-91(67-53-77(113(13,14)15)97(127)78(54-67)114(16,17)18)105(133-103(89)71-61-85(121(37,38)39)101(131)86(62-71)122(40,41)42)107-93(69-57-81(117(25,26)27)99(129)82(58-69)118(28,29)30)94(70-59-83(119(31,32)33)100(130)84(60-70)120(34,35)36)108(135-107)106-92(68-55-79(115(19,20)21)98(128)80(56-68)116(22,23)24)90(66-51-75(111(7,8)9)96(126)76(52-66)112(10,11)12)104(134-106)72-63-87(123(43,44)45)102(132)88(64-72)124(46,47)48/h49-64,125-130H,1-48H3/b107-105-,108-106-. The summed E-state index contributed by atoms with van der Waals surface area (Å²) in [6, 6.07) is 26.8. The van der Waals surface area contributed by atoms with Crippen LogP contribution < -0.4 is 9.06 Å². The molecule has 9 aromatic rings. The minimum absolute atomic E-state index is 0.00656. The summed E-state index contributed by atoms with van der Waals surface area (Å²) >= 11 is 5.11. The van der Waals surface area contributed by atoms with E-state index in [0.29, 0.717) is 22.3 Å². The fourth-order valence-electron chi connectivity index (χ4n) is 19.3. The molecule has 2 aliphatic rings. The highest BCUT2D eigenvalue weighted by Crippen LogP contribution is 2.57. The van der Waals surface area contributed by atoms with E-state index in [9.17, 15) is 30.6 Å². The summed E-state index contributed by atoms with van der Waals surface area (Å²) in [5.74, 6) is 1.30. The Morgan fingerprint density at radius 2 is 0.267 bits per heavy atom. The Balaban J connectivity index is 1.84. The Morgan fingerprint density at radius 3 is 0.370 bits per heavy atom. The molecule has 8 nitrogen and oxygen atoms in total. The van der Waals surface area contributed by atoms with Gasteiger partial charge in [-0.3, -0.25) is 9.59 Å². The molecule has 6 aromatic carbocycles. The molecule has 0 amide bonds. The van der Waals surface area contributed by atoms with Crippen molar-refractivity contribution >= 4 is 56.7 Å². The van der Waals surface area contributed by atoms with Gasteiger partial charge in [0.15, 0.2) is 11.6 Å². The zero-order valence-corrected chi connectivity index (χ0v) is 94.4. The van der Waals surface area contributed by atoms with Crippen molar-refractivity contribution in [3.63, 3.8) is 0 Å². The van der Waals surface area contributed by atoms with Crippen LogP contribution in [-0.4, -0.2) is 42.2 Å². The number of Topliss-reactive ketones (excluding diaryl/α,β-unsaturated/α-hetero) is 2. The summed E-state index contributed by atoms with van der Waals surface area (Å²) in [7, 11) is 0. The first-order valence-electron chi connectivity index (χ1n) is 49.0. The fourth-order valence-corrected chi connectivity index (χ4v) is 23.6. The second-order valence-electron chi connectivity index (χ2n) is 55.9. The molecule has 3 heterocycles. The maximum atomic E-state index is 15.9. The number of allylic oxidation sites excluding steroid dienone is 8. The van der Waals surface area contributed by atoms with E-state index in [0.717, 1.165) is 172 Å². The van der Waals surface area contributed by atoms with Gasteiger partial charge in [0, 0.05) is 131 Å². The number of carbonyl (C=O) groups excluding carboxylic acids is 2. The zero-order valence-electron chi connectivity index (χ0n) is 92.0. The van der Waals surface area contributed by atoms with Gasteiger partial charge in [-0.05, 0) is 228 Å². The lowest BCUT2D eigenvalue weighted by atomic mass is 9.71. The lowest BCUT2D eigenvalue weighted by Gasteiger charge is -2.31. The molecule has 0 fully saturated rings. The molecule has 0 bridgehead atoms. The Labute approximate surface area is 824 Å². The monoisotopic (exact) mass is 1880 g/mol. The first-order valence-corrected chi connectivity index (χ1v) is 51.4. The van der Waals surface area contributed by atoms with E-state index in [1.54, 1.807) is 34.0 Å². The van der Waals surface area contributed by atoms with Crippen molar-refractivity contribution in [2.45, 2.75) is 397 Å². The predicted octanol–water partition coefficient (Wildman–Crippen LogP) is 33.6. The highest BCUT2D eigenvalue weighted by atomic mass is 32.1. The van der Waals surface area contributed by atoms with Crippen molar-refractivity contribution in [2.75, 3.05) is 0 Å². The van der Waals surface area contributed by atoms with E-state index in [1.807, 2.05) is 0 Å². The van der Waals surface area contributed by atoms with Gasteiger partial charge in [0.1, 0.15) is 34.5 Å². The zero-order chi connectivity index (χ0) is 103. The summed E-state index contributed by atoms with van der Waals surface area (Å²) in [4.78, 5) is 31.9. The van der Waals surface area contributed by atoms with Crippen molar-refractivity contribution in [3.8, 4) is 101 Å². The molecule has 6 N–H and O–H groups in total. The van der Waals surface area contributed by atoms with E-state index in [2.05, 4.69) is 429 Å². The van der Waals surface area contributed by atoms with E-state index in [1.165, 1.54) is 0 Å². The van der Waals surface area contributed by atoms with Crippen LogP contribution in [0.25, 0.3) is 77.9 Å². The van der Waals surface area contributed by atoms with Crippen LogP contribution in [0.4, 0.5) is 0 Å². The van der Waals surface area contributed by atoms with Crippen LogP contribution in [0.3, 0.4) is 0 Å². The number of hydrogen-bond donors (Lipinski definition) is 6. The molecule has 135 heavy (non-hydrogen) atoms. The van der Waals surface area contributed by atoms with Crippen molar-refractivity contribution in [3.05, 3.63) is 213 Å². The van der Waals surface area contributed by atoms with Gasteiger partial charge in [-0.25, -0.2) is 0 Å². The molecule has 2 aliphatic carbocycles. The lowest BCUT2D eigenvalue weighted by Crippen LogP contribution is -2.28. The Morgan fingerprint density at radius 1 is 0.163 bits per heavy atom. The van der Waals surface area contributed by atoms with E-state index >= 15 is 9.59 Å². The second kappa shape index (κ2) is 34.1. The number of phenolic OH excluding ortho intramolecular Hbond substituents is 6. The van der Waals surface area contributed by atoms with E-state index < -0.39 is 86.6 Å². The Kier molecular flexibility index (Phi) is 26.9. The summed E-state index contributed by atoms with van der Waals surface area (Å²) in [5.41, 5.74) is 13.4. The van der Waals surface area contributed by atoms with Gasteiger partial charge in [-0.15, -0.1) is 34.0 Å². The molecule has 11 heteroatoms. The van der Waals surface area contributed by atoms with Crippen LogP contribution in [-0.2, 0) is 74.6 Å². The topological polar surface area (TPSA) is 156 Å². The van der Waals surface area contributed by atoms with Crippen LogP contribution in [0.15, 0.2) is 119 Å². The molecule has 3 aromatic heterocycles. The number of hydrogen-bond acceptors (Lipinski definition) is 11. The number of carbonyl (C=O) groups is 2. The minimum Gasteiger partial charge on any atom is -0.507 e. The molecule has 0 atom stereocenters. The second-order valence-corrected chi connectivity index (χ2v) is 58.9. The number of ketones is 2. The third-order valence-corrected chi connectivity index (χ3v) is 31.2. The van der Waals surface area contributed by atoms with Crippen molar-refractivity contribution in [1.82, 2.24) is 0 Å². The fraction of sp³-hybridized carbons (Fsp3) is 0.516. The highest BCUT2D eigenvalue weighted by Gasteiger charge is 2.43. The SMILES string of the molecule is CC(C)(C)C1=CC(=c2s/c(=c3\s/c(=c4\sc(=C5C=C(C(C)(C)C)C(=O)C(C(C)(C)C)=C5)c(-c5cc(C(C)(C)C)c(O)c(C(C)(C)C)c5)c4-c4cc(C(C)(C)C)c(O)c(C(C)(C)C)c4)c(-c4cc(C(C)(C)C)c(O)c(C(C)(C)C)c4)c3-c3cc(C(C)(C)C)c(O)c(C(C)(C)C)c3)c(-c3cc(C(C)(C)C)c(O)c(C(C)(C)C)c3)c2-c2cc(C(C)(C)C)c(O)c(C(C)(C)C)c2)C=C(C(C)(C)C)C1=O. The molecule has 728 valence electrons. The predicted molar refractivity (Wildman–Crippen MR) is 582 cm³/mol. The van der Waals surface area contributed by atoms with Crippen LogP contribution in [0.1, 0.15) is 399 Å². The first-order chi connectivity index (χ1) is 60.4. The third kappa shape index (κ3) is 20.7. The number of benzene rings is 6. The van der Waals surface area contributed by atoms with Gasteiger partial charge in [-0.2, -0.15) is 0 Å². The molecule has 0 saturated heterocycles. The van der Waals surface area contributed by atoms with Gasteiger partial charge in [0.2, 0.25) is 0 Å². The molecule has 0 saturated carbocycles. The van der Waals surface area contributed by atoms with Gasteiger partial charge >= 0.3 is 0 Å². The first kappa shape index (κ1) is 107. The average molecular weight is 1880 g/mol. The molecule has 0 radical (unpaired) electrons. The Hall–Kier alpha value is -8.74. The maximum absolute atomic E-state index is 15.9. The molecular weight excluding hydrogens is 1710 g/mol. The van der Waals surface area contributed by atoms with Gasteiger partial charge in [0.05, 0.1) is 18.1 Å². The maximum Gasteiger partial charge on any atom is 0.186 e. The molecule has 0 unspecified atom stereocenters. The van der Waals surface area contributed by atoms with Crippen molar-refractivity contribution in [1.29, 1.82) is 0 Å². The number of aromatic hydroxyl groups is 6. The summed E-state index contributed by atoms with van der Waals surface area (Å²) in [5, 5.41) is 80.6.